The van der Waals surface area contributed by atoms with E-state index >= 15 is 0 Å². The number of hydrogen-bond donors (Lipinski definition) is 2. The molecule has 0 spiro atoms. The average molecular weight is 263 g/mol. The van der Waals surface area contributed by atoms with Crippen LogP contribution in [-0.4, -0.2) is 61.5 Å². The van der Waals surface area contributed by atoms with Crippen LogP contribution in [0, 0.1) is 0 Å². The minimum atomic E-state index is -3.46. The van der Waals surface area contributed by atoms with Crippen LogP contribution in [-0.2, 0) is 14.6 Å². The number of nitrogens with zero attached hydrogens (tertiary/aromatic N) is 1. The van der Waals surface area contributed by atoms with E-state index in [0.29, 0.717) is 0 Å². The lowest BCUT2D eigenvalue weighted by Crippen LogP contribution is -2.34. The van der Waals surface area contributed by atoms with Crippen molar-refractivity contribution in [1.82, 2.24) is 4.90 Å². The summed E-state index contributed by atoms with van der Waals surface area (Å²) >= 11 is 0. The first kappa shape index (κ1) is 15.8. The third kappa shape index (κ3) is 6.88. The van der Waals surface area contributed by atoms with E-state index in [-0.39, 0.29) is 32.1 Å². The van der Waals surface area contributed by atoms with Crippen LogP contribution in [0.25, 0.3) is 0 Å². The molecular formula is C10H17NO5S. The minimum Gasteiger partial charge on any atom is -0.395 e. The molecule has 0 aliphatic rings. The first-order valence-corrected chi connectivity index (χ1v) is 6.70. The summed E-state index contributed by atoms with van der Waals surface area (Å²) in [5, 5.41) is 18.2. The smallest absolute Gasteiger partial charge is 0.247 e. The lowest BCUT2D eigenvalue weighted by atomic mass is 10.4. The molecule has 0 heterocycles. The largest absolute Gasteiger partial charge is 0.395 e. The fourth-order valence-corrected chi connectivity index (χ4v) is 1.82. The molecule has 0 fully saturated rings. The molecule has 0 aliphatic carbocycles. The zero-order valence-corrected chi connectivity index (χ0v) is 10.3. The lowest BCUT2D eigenvalue weighted by Gasteiger charge is -2.18. The quantitative estimate of drug-likeness (QED) is 0.429. The van der Waals surface area contributed by atoms with Gasteiger partial charge in [0.15, 0.2) is 9.84 Å². The van der Waals surface area contributed by atoms with Crippen molar-refractivity contribution in [2.24, 2.45) is 0 Å². The average Bonchev–Trinajstić information content (AvgIpc) is 2.26. The Morgan fingerprint density at radius 2 is 1.76 bits per heavy atom. The van der Waals surface area contributed by atoms with Gasteiger partial charge in [-0.2, -0.15) is 0 Å². The fraction of sp³-hybridized carbons (Fsp3) is 0.500. The molecule has 2 N–H and O–H groups in total. The zero-order chi connectivity index (χ0) is 13.3. The summed E-state index contributed by atoms with van der Waals surface area (Å²) in [6, 6.07) is 0. The zero-order valence-electron chi connectivity index (χ0n) is 9.45. The standard InChI is InChI=1S/C10H17NO5S/c1-2-8-17(15,16)9-3-10(14)11(4-6-12)5-7-13/h2-3,9,12-13H,1,4-8H2/b9-3+. The van der Waals surface area contributed by atoms with E-state index < -0.39 is 15.7 Å². The second kappa shape index (κ2) is 7.99. The molecule has 0 aromatic rings. The number of rotatable bonds is 8. The van der Waals surface area contributed by atoms with Crippen LogP contribution in [0.1, 0.15) is 0 Å². The molecule has 1 amide bonds. The lowest BCUT2D eigenvalue weighted by molar-refractivity contribution is -0.127. The van der Waals surface area contributed by atoms with E-state index in [0.717, 1.165) is 16.4 Å². The summed E-state index contributed by atoms with van der Waals surface area (Å²) in [6.45, 7) is 2.88. The molecule has 0 aromatic heterocycles. The van der Waals surface area contributed by atoms with Crippen molar-refractivity contribution in [3.63, 3.8) is 0 Å². The highest BCUT2D eigenvalue weighted by molar-refractivity contribution is 7.94. The Bertz CT molecular complexity index is 368. The summed E-state index contributed by atoms with van der Waals surface area (Å²) in [5.41, 5.74) is 0. The van der Waals surface area contributed by atoms with Crippen LogP contribution < -0.4 is 0 Å². The van der Waals surface area contributed by atoms with Crippen molar-refractivity contribution < 1.29 is 23.4 Å². The monoisotopic (exact) mass is 263 g/mol. The topological polar surface area (TPSA) is 94.9 Å². The Labute approximate surface area is 101 Å². The molecule has 0 unspecified atom stereocenters. The minimum absolute atomic E-state index is 0.0469. The summed E-state index contributed by atoms with van der Waals surface area (Å²) in [6.07, 6.45) is 2.13. The van der Waals surface area contributed by atoms with E-state index in [1.807, 2.05) is 0 Å². The number of aliphatic hydroxyl groups is 2. The first-order valence-electron chi connectivity index (χ1n) is 4.99. The third-order valence-corrected chi connectivity index (χ3v) is 3.07. The molecule has 0 rings (SSSR count). The Morgan fingerprint density at radius 3 is 2.18 bits per heavy atom. The second-order valence-corrected chi connectivity index (χ2v) is 5.12. The summed E-state index contributed by atoms with van der Waals surface area (Å²) in [7, 11) is -3.46. The number of hydrogen-bond acceptors (Lipinski definition) is 5. The number of carbonyl (C=O) groups is 1. The summed E-state index contributed by atoms with van der Waals surface area (Å²) in [4.78, 5) is 12.7. The fourth-order valence-electron chi connectivity index (χ4n) is 1.06. The van der Waals surface area contributed by atoms with Crippen LogP contribution in [0.4, 0.5) is 0 Å². The highest BCUT2D eigenvalue weighted by atomic mass is 32.2. The molecule has 0 saturated heterocycles. The SMILES string of the molecule is C=CCS(=O)(=O)/C=C/C(=O)N(CCO)CCO. The van der Waals surface area contributed by atoms with Crippen molar-refractivity contribution in [3.8, 4) is 0 Å². The van der Waals surface area contributed by atoms with E-state index in [4.69, 9.17) is 10.2 Å². The third-order valence-electron chi connectivity index (χ3n) is 1.82. The van der Waals surface area contributed by atoms with Gasteiger partial charge in [0.25, 0.3) is 0 Å². The van der Waals surface area contributed by atoms with Gasteiger partial charge in [0, 0.05) is 24.6 Å². The molecular weight excluding hydrogens is 246 g/mol. The van der Waals surface area contributed by atoms with Gasteiger partial charge in [0.05, 0.1) is 19.0 Å². The molecule has 6 nitrogen and oxygen atoms in total. The van der Waals surface area contributed by atoms with Gasteiger partial charge in [-0.05, 0) is 0 Å². The van der Waals surface area contributed by atoms with E-state index in [1.54, 1.807) is 0 Å². The van der Waals surface area contributed by atoms with E-state index in [2.05, 4.69) is 6.58 Å². The van der Waals surface area contributed by atoms with E-state index in [1.165, 1.54) is 6.08 Å². The molecule has 0 aliphatic heterocycles. The normalized spacial score (nSPS) is 11.6. The van der Waals surface area contributed by atoms with Gasteiger partial charge in [-0.15, -0.1) is 6.58 Å². The van der Waals surface area contributed by atoms with Crippen LogP contribution in [0.15, 0.2) is 24.1 Å². The van der Waals surface area contributed by atoms with Gasteiger partial charge in [0.1, 0.15) is 0 Å². The molecule has 7 heteroatoms. The highest BCUT2D eigenvalue weighted by Gasteiger charge is 2.10. The van der Waals surface area contributed by atoms with Crippen LogP contribution in [0.5, 0.6) is 0 Å². The van der Waals surface area contributed by atoms with Crippen molar-refractivity contribution in [2.45, 2.75) is 0 Å². The molecule has 17 heavy (non-hydrogen) atoms. The van der Waals surface area contributed by atoms with Gasteiger partial charge in [-0.3, -0.25) is 4.79 Å². The van der Waals surface area contributed by atoms with Gasteiger partial charge in [-0.25, -0.2) is 8.42 Å². The highest BCUT2D eigenvalue weighted by Crippen LogP contribution is 1.96. The Balaban J connectivity index is 4.59. The number of carbonyl (C=O) groups excluding carboxylic acids is 1. The van der Waals surface area contributed by atoms with E-state index in [9.17, 15) is 13.2 Å². The first-order chi connectivity index (χ1) is 7.96. The number of aliphatic hydroxyl groups excluding tert-OH is 2. The van der Waals surface area contributed by atoms with Crippen LogP contribution >= 0.6 is 0 Å². The molecule has 0 radical (unpaired) electrons. The molecule has 98 valence electrons. The molecule has 0 bridgehead atoms. The number of sulfone groups is 1. The van der Waals surface area contributed by atoms with Gasteiger partial charge < -0.3 is 15.1 Å². The number of amides is 1. The molecule has 0 saturated carbocycles. The van der Waals surface area contributed by atoms with Crippen LogP contribution in [0.3, 0.4) is 0 Å². The Kier molecular flexibility index (Phi) is 7.44. The van der Waals surface area contributed by atoms with Crippen molar-refractivity contribution in [3.05, 3.63) is 24.1 Å². The van der Waals surface area contributed by atoms with Gasteiger partial charge in [-0.1, -0.05) is 6.08 Å². The predicted octanol–water partition coefficient (Wildman–Crippen LogP) is -1.09. The van der Waals surface area contributed by atoms with Crippen molar-refractivity contribution in [2.75, 3.05) is 32.1 Å². The molecule has 0 atom stereocenters. The van der Waals surface area contributed by atoms with Crippen LogP contribution in [0.2, 0.25) is 0 Å². The molecule has 0 aromatic carbocycles. The van der Waals surface area contributed by atoms with Crippen molar-refractivity contribution >= 4 is 15.7 Å². The maximum absolute atomic E-state index is 11.5. The van der Waals surface area contributed by atoms with Gasteiger partial charge >= 0.3 is 0 Å². The summed E-state index contributed by atoms with van der Waals surface area (Å²) in [5.74, 6) is -0.808. The summed E-state index contributed by atoms with van der Waals surface area (Å²) < 4.78 is 22.5. The maximum atomic E-state index is 11.5. The Hall–Kier alpha value is -1.18. The maximum Gasteiger partial charge on any atom is 0.247 e. The Morgan fingerprint density at radius 1 is 1.24 bits per heavy atom. The predicted molar refractivity (Wildman–Crippen MR) is 63.9 cm³/mol. The second-order valence-electron chi connectivity index (χ2n) is 3.19. The van der Waals surface area contributed by atoms with Gasteiger partial charge in [0.2, 0.25) is 5.91 Å². The van der Waals surface area contributed by atoms with Crippen molar-refractivity contribution in [1.29, 1.82) is 0 Å².